The van der Waals surface area contributed by atoms with Crippen molar-refractivity contribution in [2.45, 2.75) is 33.9 Å². The van der Waals surface area contributed by atoms with Crippen LogP contribution >= 0.6 is 0 Å². The third-order valence-electron chi connectivity index (χ3n) is 6.46. The lowest BCUT2D eigenvalue weighted by atomic mass is 10.1. The highest BCUT2D eigenvalue weighted by molar-refractivity contribution is 5.58. The Morgan fingerprint density at radius 2 is 1.02 bits per heavy atom. The molecule has 4 rings (SSSR count). The Hall–Kier alpha value is -5.79. The van der Waals surface area contributed by atoms with E-state index in [-0.39, 0.29) is 24.5 Å². The van der Waals surface area contributed by atoms with Crippen LogP contribution in [0.4, 0.5) is 17.1 Å². The summed E-state index contributed by atoms with van der Waals surface area (Å²) in [7, 11) is 0. The van der Waals surface area contributed by atoms with Gasteiger partial charge in [-0.15, -0.1) is 0 Å². The minimum absolute atomic E-state index is 0.0980. The molecular formula is C29H22N6O6. The van der Waals surface area contributed by atoms with Gasteiger partial charge in [0.15, 0.2) is 0 Å². The summed E-state index contributed by atoms with van der Waals surface area (Å²) in [5.74, 6) is 0. The van der Waals surface area contributed by atoms with Gasteiger partial charge in [0.25, 0.3) is 0 Å². The van der Waals surface area contributed by atoms with Crippen LogP contribution in [0.5, 0.6) is 0 Å². The molecule has 0 N–H and O–H groups in total. The number of aryl methyl sites for hydroxylation is 3. The lowest BCUT2D eigenvalue weighted by Crippen LogP contribution is -2.54. The molecule has 0 radical (unpaired) electrons. The summed E-state index contributed by atoms with van der Waals surface area (Å²) in [6.07, 6.45) is 4.41. The largest absolute Gasteiger partial charge is 0.341 e. The van der Waals surface area contributed by atoms with E-state index >= 15 is 0 Å². The minimum Gasteiger partial charge on any atom is -0.247 e. The molecule has 0 aliphatic heterocycles. The molecule has 0 atom stereocenters. The van der Waals surface area contributed by atoms with Gasteiger partial charge >= 0.3 is 17.1 Å². The van der Waals surface area contributed by atoms with Gasteiger partial charge in [-0.3, -0.25) is 0 Å². The first-order chi connectivity index (χ1) is 19.7. The first kappa shape index (κ1) is 28.2. The van der Waals surface area contributed by atoms with E-state index < -0.39 is 17.1 Å². The Morgan fingerprint density at radius 1 is 0.561 bits per heavy atom. The topological polar surface area (TPSA) is 154 Å². The number of nitrogens with zero attached hydrogens (tertiary/aromatic N) is 6. The average Bonchev–Trinajstić information content (AvgIpc) is 2.94. The fraction of sp³-hybridized carbons (Fsp3) is 0.172. The minimum atomic E-state index is -0.902. The van der Waals surface area contributed by atoms with Crippen LogP contribution in [0.1, 0.15) is 27.8 Å². The Bertz CT molecular complexity index is 1910. The van der Waals surface area contributed by atoms with Crippen LogP contribution in [0.2, 0.25) is 0 Å². The molecule has 0 unspecified atom stereocenters. The number of isocyanates is 3. The van der Waals surface area contributed by atoms with Crippen LogP contribution in [-0.4, -0.2) is 31.9 Å². The van der Waals surface area contributed by atoms with E-state index in [1.165, 1.54) is 30.4 Å². The smallest absolute Gasteiger partial charge is 0.247 e. The summed E-state index contributed by atoms with van der Waals surface area (Å²) in [5.41, 5.74) is 1.37. The molecule has 0 fully saturated rings. The maximum atomic E-state index is 13.7. The standard InChI is InChI=1S/C29H22N6O6/c1-18-4-7-23(12-26(18)32-17-38)35-28(40)33(13-21-5-8-24(30-15-36)19(2)10-21)27(39)34(29(35)41)14-22-6-9-25(31-16-37)20(3)11-22/h4-12H,13-14H2,1-3H3. The van der Waals surface area contributed by atoms with Gasteiger partial charge in [-0.05, 0) is 72.9 Å². The molecule has 0 aliphatic rings. The van der Waals surface area contributed by atoms with Gasteiger partial charge in [0.2, 0.25) is 18.2 Å². The van der Waals surface area contributed by atoms with Crippen molar-refractivity contribution < 1.29 is 14.4 Å². The summed E-state index contributed by atoms with van der Waals surface area (Å²) in [5, 5.41) is 0. The van der Waals surface area contributed by atoms with Crippen molar-refractivity contribution in [1.29, 1.82) is 0 Å². The molecule has 12 heteroatoms. The monoisotopic (exact) mass is 550 g/mol. The van der Waals surface area contributed by atoms with E-state index in [2.05, 4.69) is 15.0 Å². The number of rotatable bonds is 8. The predicted octanol–water partition coefficient (Wildman–Crippen LogP) is 3.08. The van der Waals surface area contributed by atoms with Gasteiger partial charge in [0.05, 0.1) is 35.8 Å². The zero-order chi connectivity index (χ0) is 29.7. The highest BCUT2D eigenvalue weighted by Gasteiger charge is 2.19. The van der Waals surface area contributed by atoms with Gasteiger partial charge in [-0.25, -0.2) is 42.5 Å². The lowest BCUT2D eigenvalue weighted by molar-refractivity contribution is 0.531. The molecule has 12 nitrogen and oxygen atoms in total. The molecule has 0 bridgehead atoms. The van der Waals surface area contributed by atoms with Crippen molar-refractivity contribution in [1.82, 2.24) is 13.7 Å². The molecular weight excluding hydrogens is 528 g/mol. The number of carbonyl (C=O) groups excluding carboxylic acids is 3. The van der Waals surface area contributed by atoms with Gasteiger partial charge in [-0.2, -0.15) is 15.0 Å². The zero-order valence-electron chi connectivity index (χ0n) is 22.2. The van der Waals surface area contributed by atoms with Gasteiger partial charge in [0.1, 0.15) is 0 Å². The molecule has 0 amide bonds. The van der Waals surface area contributed by atoms with Crippen LogP contribution in [0.3, 0.4) is 0 Å². The summed E-state index contributed by atoms with van der Waals surface area (Å²) < 4.78 is 2.67. The van der Waals surface area contributed by atoms with E-state index in [1.54, 1.807) is 63.2 Å². The van der Waals surface area contributed by atoms with Gasteiger partial charge in [-0.1, -0.05) is 30.3 Å². The highest BCUT2D eigenvalue weighted by Crippen LogP contribution is 2.22. The van der Waals surface area contributed by atoms with Crippen LogP contribution in [0, 0.1) is 20.8 Å². The molecule has 41 heavy (non-hydrogen) atoms. The van der Waals surface area contributed by atoms with Crippen molar-refractivity contribution in [2.75, 3.05) is 0 Å². The first-order valence-electron chi connectivity index (χ1n) is 12.2. The van der Waals surface area contributed by atoms with E-state index in [0.29, 0.717) is 39.2 Å². The maximum absolute atomic E-state index is 13.7. The molecule has 3 aromatic carbocycles. The molecule has 1 aromatic heterocycles. The molecule has 1 heterocycles. The van der Waals surface area contributed by atoms with Crippen LogP contribution < -0.4 is 17.1 Å². The van der Waals surface area contributed by atoms with E-state index in [9.17, 15) is 28.8 Å². The third kappa shape index (κ3) is 5.80. The summed E-state index contributed by atoms with van der Waals surface area (Å²) >= 11 is 0. The fourth-order valence-corrected chi connectivity index (χ4v) is 4.38. The molecule has 0 aliphatic carbocycles. The fourth-order valence-electron chi connectivity index (χ4n) is 4.38. The number of hydrogen-bond acceptors (Lipinski definition) is 9. The first-order valence-corrected chi connectivity index (χ1v) is 12.2. The molecule has 4 aromatic rings. The van der Waals surface area contributed by atoms with Crippen molar-refractivity contribution >= 4 is 35.3 Å². The Labute approximate surface area is 231 Å². The number of hydrogen-bond donors (Lipinski definition) is 0. The molecule has 0 spiro atoms. The normalized spacial score (nSPS) is 10.3. The number of aromatic nitrogens is 3. The zero-order valence-corrected chi connectivity index (χ0v) is 22.2. The van der Waals surface area contributed by atoms with Crippen LogP contribution in [-0.2, 0) is 27.5 Å². The average molecular weight is 551 g/mol. The summed E-state index contributed by atoms with van der Waals surface area (Å²) in [4.78, 5) is 84.2. The maximum Gasteiger partial charge on any atom is 0.341 e. The van der Waals surface area contributed by atoms with E-state index in [4.69, 9.17) is 0 Å². The second-order valence-electron chi connectivity index (χ2n) is 9.18. The Kier molecular flexibility index (Phi) is 8.22. The molecule has 0 saturated heterocycles. The second-order valence-corrected chi connectivity index (χ2v) is 9.18. The quantitative estimate of drug-likeness (QED) is 0.243. The Balaban J connectivity index is 1.96. The lowest BCUT2D eigenvalue weighted by Gasteiger charge is -2.15. The van der Waals surface area contributed by atoms with Crippen LogP contribution in [0.25, 0.3) is 5.69 Å². The predicted molar refractivity (Wildman–Crippen MR) is 149 cm³/mol. The van der Waals surface area contributed by atoms with E-state index in [0.717, 1.165) is 13.7 Å². The summed E-state index contributed by atoms with van der Waals surface area (Å²) in [6, 6.07) is 14.1. The van der Waals surface area contributed by atoms with Crippen molar-refractivity contribution in [3.8, 4) is 5.69 Å². The van der Waals surface area contributed by atoms with Crippen LogP contribution in [0.15, 0.2) is 84.0 Å². The number of benzene rings is 3. The van der Waals surface area contributed by atoms with E-state index in [1.807, 2.05) is 0 Å². The van der Waals surface area contributed by atoms with Crippen molar-refractivity contribution in [2.24, 2.45) is 15.0 Å². The Morgan fingerprint density at radius 3 is 1.46 bits per heavy atom. The van der Waals surface area contributed by atoms with Crippen molar-refractivity contribution in [3.05, 3.63) is 114 Å². The molecule has 0 saturated carbocycles. The second kappa shape index (κ2) is 11.9. The van der Waals surface area contributed by atoms with Gasteiger partial charge in [0, 0.05) is 0 Å². The highest BCUT2D eigenvalue weighted by atomic mass is 16.2. The van der Waals surface area contributed by atoms with Crippen molar-refractivity contribution in [3.63, 3.8) is 0 Å². The van der Waals surface area contributed by atoms with Gasteiger partial charge < -0.3 is 0 Å². The SMILES string of the molecule is Cc1cc(Cn2c(=O)n(Cc3ccc(N=C=O)c(C)c3)c(=O)n(-c3ccc(C)c(N=C=O)c3)c2=O)ccc1N=C=O. The number of aliphatic imine (C=N–C) groups is 3. The molecule has 204 valence electrons. The summed E-state index contributed by atoms with van der Waals surface area (Å²) in [6.45, 7) is 4.73. The third-order valence-corrected chi connectivity index (χ3v) is 6.46.